The van der Waals surface area contributed by atoms with Crippen LogP contribution in [0.3, 0.4) is 0 Å². The van der Waals surface area contributed by atoms with Crippen LogP contribution < -0.4 is 5.32 Å². The summed E-state index contributed by atoms with van der Waals surface area (Å²) in [6, 6.07) is 1.46. The minimum Gasteiger partial charge on any atom is -0.319 e. The number of hydrogen-bond donors (Lipinski definition) is 1. The van der Waals surface area contributed by atoms with Crippen molar-refractivity contribution in [3.8, 4) is 0 Å². The Kier molecular flexibility index (Phi) is 3.31. The van der Waals surface area contributed by atoms with Gasteiger partial charge in [-0.05, 0) is 6.07 Å². The molecule has 0 unspecified atom stereocenters. The lowest BCUT2D eigenvalue weighted by Crippen LogP contribution is -2.11. The van der Waals surface area contributed by atoms with E-state index in [-0.39, 0.29) is 16.1 Å². The molecule has 0 aliphatic heterocycles. The molecule has 2 heterocycles. The average molecular weight is 271 g/mol. The van der Waals surface area contributed by atoms with E-state index in [4.69, 9.17) is 23.2 Å². The molecule has 2 aromatic rings. The number of rotatable bonds is 2. The molecular formula is C10H8Cl2N4O. The second-order valence-electron chi connectivity index (χ2n) is 3.35. The van der Waals surface area contributed by atoms with Gasteiger partial charge in [-0.1, -0.05) is 23.2 Å². The van der Waals surface area contributed by atoms with Crippen molar-refractivity contribution < 1.29 is 4.79 Å². The average Bonchev–Trinajstić information content (AvgIpc) is 2.68. The van der Waals surface area contributed by atoms with Crippen LogP contribution in [0.1, 0.15) is 10.4 Å². The fourth-order valence-electron chi connectivity index (χ4n) is 1.23. The van der Waals surface area contributed by atoms with Gasteiger partial charge in [0.05, 0.1) is 22.5 Å². The van der Waals surface area contributed by atoms with Crippen molar-refractivity contribution in [2.45, 2.75) is 0 Å². The summed E-state index contributed by atoms with van der Waals surface area (Å²) >= 11 is 11.4. The summed E-state index contributed by atoms with van der Waals surface area (Å²) in [7, 11) is 1.76. The molecule has 1 N–H and O–H groups in total. The Morgan fingerprint density at radius 2 is 2.18 bits per heavy atom. The van der Waals surface area contributed by atoms with Gasteiger partial charge in [0, 0.05) is 19.4 Å². The van der Waals surface area contributed by atoms with E-state index in [1.165, 1.54) is 12.3 Å². The first-order valence-corrected chi connectivity index (χ1v) is 5.43. The molecule has 2 aromatic heterocycles. The summed E-state index contributed by atoms with van der Waals surface area (Å²) in [6.07, 6.45) is 4.59. The number of hydrogen-bond acceptors (Lipinski definition) is 3. The first kappa shape index (κ1) is 11.9. The predicted molar refractivity (Wildman–Crippen MR) is 65.4 cm³/mol. The van der Waals surface area contributed by atoms with Crippen LogP contribution in [0, 0.1) is 0 Å². The molecule has 0 spiro atoms. The van der Waals surface area contributed by atoms with Crippen molar-refractivity contribution in [3.63, 3.8) is 0 Å². The minimum atomic E-state index is -0.316. The third-order valence-electron chi connectivity index (χ3n) is 2.02. The summed E-state index contributed by atoms with van der Waals surface area (Å²) in [5.41, 5.74) is 0.937. The Balaban J connectivity index is 2.17. The molecule has 0 aliphatic carbocycles. The molecule has 0 radical (unpaired) electrons. The number of amides is 1. The molecule has 0 fully saturated rings. The number of carbonyl (C=O) groups is 1. The van der Waals surface area contributed by atoms with Gasteiger partial charge < -0.3 is 5.32 Å². The maximum atomic E-state index is 11.8. The van der Waals surface area contributed by atoms with Crippen molar-refractivity contribution >= 4 is 34.8 Å². The summed E-state index contributed by atoms with van der Waals surface area (Å²) in [5.74, 6) is -0.316. The fourth-order valence-corrected chi connectivity index (χ4v) is 1.50. The second kappa shape index (κ2) is 4.73. The monoisotopic (exact) mass is 270 g/mol. The molecule has 88 valence electrons. The molecule has 0 atom stereocenters. The Morgan fingerprint density at radius 3 is 2.76 bits per heavy atom. The second-order valence-corrected chi connectivity index (χ2v) is 4.12. The van der Waals surface area contributed by atoms with Crippen LogP contribution in [0.25, 0.3) is 0 Å². The molecule has 0 saturated carbocycles. The van der Waals surface area contributed by atoms with Gasteiger partial charge in [0.25, 0.3) is 5.91 Å². The lowest BCUT2D eigenvalue weighted by atomic mass is 10.2. The minimum absolute atomic E-state index is 0.171. The van der Waals surface area contributed by atoms with Gasteiger partial charge in [0.1, 0.15) is 5.15 Å². The van der Waals surface area contributed by atoms with Crippen LogP contribution in [0.2, 0.25) is 10.2 Å². The van der Waals surface area contributed by atoms with Crippen molar-refractivity contribution in [1.82, 2.24) is 14.8 Å². The smallest absolute Gasteiger partial charge is 0.257 e. The van der Waals surface area contributed by atoms with Gasteiger partial charge in [-0.2, -0.15) is 5.10 Å². The van der Waals surface area contributed by atoms with Gasteiger partial charge in [-0.15, -0.1) is 0 Å². The highest BCUT2D eigenvalue weighted by Crippen LogP contribution is 2.20. The molecule has 1 amide bonds. The first-order chi connectivity index (χ1) is 8.06. The van der Waals surface area contributed by atoms with E-state index in [2.05, 4.69) is 15.4 Å². The Morgan fingerprint density at radius 1 is 1.41 bits per heavy atom. The number of halogens is 2. The third kappa shape index (κ3) is 2.75. The van der Waals surface area contributed by atoms with Crippen LogP contribution in [-0.4, -0.2) is 20.7 Å². The number of aryl methyl sites for hydroxylation is 1. The zero-order valence-electron chi connectivity index (χ0n) is 8.82. The molecular weight excluding hydrogens is 263 g/mol. The normalized spacial score (nSPS) is 10.3. The molecule has 17 heavy (non-hydrogen) atoms. The highest BCUT2D eigenvalue weighted by atomic mass is 35.5. The summed E-state index contributed by atoms with van der Waals surface area (Å²) in [4.78, 5) is 15.6. The molecule has 0 aromatic carbocycles. The van der Waals surface area contributed by atoms with Crippen molar-refractivity contribution in [1.29, 1.82) is 0 Å². The van der Waals surface area contributed by atoms with Crippen LogP contribution in [0.4, 0.5) is 5.69 Å². The molecule has 2 rings (SSSR count). The van der Waals surface area contributed by atoms with E-state index in [0.717, 1.165) is 0 Å². The molecule has 7 heteroatoms. The maximum Gasteiger partial charge on any atom is 0.257 e. The zero-order chi connectivity index (χ0) is 12.4. The van der Waals surface area contributed by atoms with E-state index < -0.39 is 0 Å². The maximum absolute atomic E-state index is 11.8. The quantitative estimate of drug-likeness (QED) is 0.853. The number of anilines is 1. The highest BCUT2D eigenvalue weighted by molar-refractivity contribution is 6.41. The zero-order valence-corrected chi connectivity index (χ0v) is 10.3. The van der Waals surface area contributed by atoms with Crippen molar-refractivity contribution in [2.24, 2.45) is 7.05 Å². The van der Waals surface area contributed by atoms with Crippen LogP contribution in [0.5, 0.6) is 0 Å². The summed E-state index contributed by atoms with van der Waals surface area (Å²) < 4.78 is 1.59. The SMILES string of the molecule is Cn1cc(NC(=O)c2cnc(Cl)c(Cl)c2)cn1. The topological polar surface area (TPSA) is 59.8 Å². The molecule has 5 nitrogen and oxygen atoms in total. The first-order valence-electron chi connectivity index (χ1n) is 4.67. The van der Waals surface area contributed by atoms with Crippen molar-refractivity contribution in [2.75, 3.05) is 5.32 Å². The fraction of sp³-hybridized carbons (Fsp3) is 0.100. The number of carbonyl (C=O) groups excluding carboxylic acids is 1. The van der Waals surface area contributed by atoms with Gasteiger partial charge in [-0.3, -0.25) is 9.48 Å². The Hall–Kier alpha value is -1.59. The van der Waals surface area contributed by atoms with E-state index in [9.17, 15) is 4.79 Å². The Bertz CT molecular complexity index is 567. The van der Waals surface area contributed by atoms with E-state index >= 15 is 0 Å². The number of nitrogens with one attached hydrogen (secondary N) is 1. The number of pyridine rings is 1. The molecule has 0 bridgehead atoms. The lowest BCUT2D eigenvalue weighted by Gasteiger charge is -2.02. The van der Waals surface area contributed by atoms with E-state index in [1.807, 2.05) is 0 Å². The molecule has 0 saturated heterocycles. The van der Waals surface area contributed by atoms with Gasteiger partial charge in [0.2, 0.25) is 0 Å². The Labute approximate surface area is 107 Å². The van der Waals surface area contributed by atoms with Gasteiger partial charge in [-0.25, -0.2) is 4.98 Å². The standard InChI is InChI=1S/C10H8Cl2N4O/c1-16-5-7(4-14-16)15-10(17)6-2-8(11)9(12)13-3-6/h2-5H,1H3,(H,15,17). The third-order valence-corrected chi connectivity index (χ3v) is 2.71. The van der Waals surface area contributed by atoms with Crippen LogP contribution in [0.15, 0.2) is 24.7 Å². The van der Waals surface area contributed by atoms with Crippen molar-refractivity contribution in [3.05, 3.63) is 40.4 Å². The summed E-state index contributed by atoms with van der Waals surface area (Å²) in [5, 5.41) is 7.01. The number of aromatic nitrogens is 3. The van der Waals surface area contributed by atoms with Gasteiger partial charge in [0.15, 0.2) is 0 Å². The van der Waals surface area contributed by atoms with Gasteiger partial charge >= 0.3 is 0 Å². The van der Waals surface area contributed by atoms with Crippen LogP contribution >= 0.6 is 23.2 Å². The van der Waals surface area contributed by atoms with E-state index in [0.29, 0.717) is 11.3 Å². The lowest BCUT2D eigenvalue weighted by molar-refractivity contribution is 0.102. The molecule has 0 aliphatic rings. The van der Waals surface area contributed by atoms with Crippen LogP contribution in [-0.2, 0) is 7.05 Å². The largest absolute Gasteiger partial charge is 0.319 e. The number of nitrogens with zero attached hydrogens (tertiary/aromatic N) is 3. The summed E-state index contributed by atoms with van der Waals surface area (Å²) in [6.45, 7) is 0. The van der Waals surface area contributed by atoms with E-state index in [1.54, 1.807) is 24.1 Å². The predicted octanol–water partition coefficient (Wildman–Crippen LogP) is 2.37. The highest BCUT2D eigenvalue weighted by Gasteiger charge is 2.10.